The number of nitrogens with zero attached hydrogens (tertiary/aromatic N) is 1. The Balaban J connectivity index is 1.28. The van der Waals surface area contributed by atoms with Gasteiger partial charge in [-0.3, -0.25) is 0 Å². The van der Waals surface area contributed by atoms with Crippen molar-refractivity contribution >= 4 is 11.4 Å². The highest BCUT2D eigenvalue weighted by molar-refractivity contribution is 5.98. The minimum absolute atomic E-state index is 0.450. The van der Waals surface area contributed by atoms with Crippen LogP contribution in [0.5, 0.6) is 23.0 Å². The number of aryl methyl sites for hydroxylation is 1. The largest absolute Gasteiger partial charge is 0.449 e. The fourth-order valence-electron chi connectivity index (χ4n) is 8.21. The highest BCUT2D eigenvalue weighted by atomic mass is 16.6. The quantitative estimate of drug-likeness (QED) is 0.179. The van der Waals surface area contributed by atoms with Crippen LogP contribution in [0.2, 0.25) is 0 Å². The van der Waals surface area contributed by atoms with E-state index in [0.717, 1.165) is 40.6 Å². The standard InChI is InChI=1S/C45H35NO2/c1-4-15-30(6-3)46(31-17-13-16-29(5-2)28-31)39-24-14-25-40-43(39)48-44-41(47-40)27-26-38-42(44)34-20-9-12-23-37(34)45(38)35-21-10-7-18-32(35)33-19-8-11-22-36(33)45/h4,6-28H,5H2,1-3H3/b15-4-,30-6+. The monoisotopic (exact) mass is 621 g/mol. The Bertz CT molecular complexity index is 2280. The molecule has 9 rings (SSSR count). The molecule has 1 aliphatic heterocycles. The van der Waals surface area contributed by atoms with E-state index < -0.39 is 5.41 Å². The van der Waals surface area contributed by atoms with Gasteiger partial charge < -0.3 is 14.4 Å². The van der Waals surface area contributed by atoms with Gasteiger partial charge in [-0.15, -0.1) is 0 Å². The van der Waals surface area contributed by atoms with Gasteiger partial charge in [-0.25, -0.2) is 0 Å². The molecule has 0 N–H and O–H groups in total. The molecule has 0 saturated carbocycles. The van der Waals surface area contributed by atoms with Crippen LogP contribution in [0.15, 0.2) is 151 Å². The number of fused-ring (bicyclic) bond motifs is 13. The van der Waals surface area contributed by atoms with Crippen LogP contribution in [0.3, 0.4) is 0 Å². The fourth-order valence-corrected chi connectivity index (χ4v) is 8.21. The van der Waals surface area contributed by atoms with Gasteiger partial charge >= 0.3 is 0 Å². The van der Waals surface area contributed by atoms with Gasteiger partial charge in [0, 0.05) is 16.9 Å². The van der Waals surface area contributed by atoms with E-state index in [9.17, 15) is 0 Å². The van der Waals surface area contributed by atoms with E-state index in [0.29, 0.717) is 11.5 Å². The molecule has 0 aromatic heterocycles. The molecule has 1 spiro atoms. The van der Waals surface area contributed by atoms with E-state index in [2.05, 4.69) is 159 Å². The Morgan fingerprint density at radius 2 is 1.27 bits per heavy atom. The molecule has 2 aliphatic carbocycles. The third kappa shape index (κ3) is 3.82. The number of para-hydroxylation sites is 1. The smallest absolute Gasteiger partial charge is 0.194 e. The van der Waals surface area contributed by atoms with Crippen LogP contribution in [0.4, 0.5) is 11.4 Å². The van der Waals surface area contributed by atoms with Crippen molar-refractivity contribution in [3.63, 3.8) is 0 Å². The molecule has 0 saturated heterocycles. The van der Waals surface area contributed by atoms with Crippen molar-refractivity contribution in [2.24, 2.45) is 0 Å². The van der Waals surface area contributed by atoms with Crippen LogP contribution in [0, 0.1) is 0 Å². The van der Waals surface area contributed by atoms with Crippen LogP contribution in [-0.4, -0.2) is 0 Å². The lowest BCUT2D eigenvalue weighted by molar-refractivity contribution is 0.361. The second kappa shape index (κ2) is 10.9. The highest BCUT2D eigenvalue weighted by Crippen LogP contribution is 2.66. The zero-order valence-electron chi connectivity index (χ0n) is 27.3. The van der Waals surface area contributed by atoms with Crippen molar-refractivity contribution in [2.75, 3.05) is 4.90 Å². The van der Waals surface area contributed by atoms with E-state index in [1.165, 1.54) is 44.5 Å². The molecule has 48 heavy (non-hydrogen) atoms. The average Bonchev–Trinajstić information content (AvgIpc) is 3.61. The van der Waals surface area contributed by atoms with Gasteiger partial charge in [0.2, 0.25) is 0 Å². The Kier molecular flexibility index (Phi) is 6.45. The first-order valence-electron chi connectivity index (χ1n) is 16.8. The number of benzene rings is 6. The summed E-state index contributed by atoms with van der Waals surface area (Å²) < 4.78 is 14.0. The van der Waals surface area contributed by atoms with E-state index in [1.807, 2.05) is 12.1 Å². The lowest BCUT2D eigenvalue weighted by Gasteiger charge is -2.32. The molecule has 0 bridgehead atoms. The summed E-state index contributed by atoms with van der Waals surface area (Å²) in [5.41, 5.74) is 13.8. The lowest BCUT2D eigenvalue weighted by atomic mass is 9.70. The zero-order chi connectivity index (χ0) is 32.4. The zero-order valence-corrected chi connectivity index (χ0v) is 27.3. The van der Waals surface area contributed by atoms with Gasteiger partial charge in [0.05, 0.1) is 11.1 Å². The first-order chi connectivity index (χ1) is 23.7. The average molecular weight is 622 g/mol. The normalized spacial score (nSPS) is 14.4. The third-order valence-corrected chi connectivity index (χ3v) is 10.2. The predicted molar refractivity (Wildman–Crippen MR) is 196 cm³/mol. The molecule has 1 heterocycles. The van der Waals surface area contributed by atoms with Gasteiger partial charge in [0.15, 0.2) is 23.0 Å². The maximum absolute atomic E-state index is 7.20. The van der Waals surface area contributed by atoms with Crippen molar-refractivity contribution in [1.29, 1.82) is 0 Å². The summed E-state index contributed by atoms with van der Waals surface area (Å²) in [4.78, 5) is 2.27. The molecule has 3 nitrogen and oxygen atoms in total. The number of hydrogen-bond acceptors (Lipinski definition) is 3. The summed E-state index contributed by atoms with van der Waals surface area (Å²) in [6, 6.07) is 45.8. The second-order valence-corrected chi connectivity index (χ2v) is 12.6. The Morgan fingerprint density at radius 1 is 0.625 bits per heavy atom. The molecule has 0 amide bonds. The molecule has 3 heteroatoms. The van der Waals surface area contributed by atoms with Gasteiger partial charge in [0.25, 0.3) is 0 Å². The Labute approximate surface area is 282 Å². The number of hydrogen-bond donors (Lipinski definition) is 0. The number of anilines is 2. The molecule has 0 fully saturated rings. The lowest BCUT2D eigenvalue weighted by Crippen LogP contribution is -2.25. The molecule has 232 valence electrons. The van der Waals surface area contributed by atoms with E-state index in [1.54, 1.807) is 0 Å². The number of ether oxygens (including phenoxy) is 2. The fraction of sp³-hybridized carbons (Fsp3) is 0.111. The number of rotatable bonds is 5. The minimum atomic E-state index is -0.450. The molecular formula is C45H35NO2. The summed E-state index contributed by atoms with van der Waals surface area (Å²) in [6.45, 7) is 6.32. The summed E-state index contributed by atoms with van der Waals surface area (Å²) in [7, 11) is 0. The van der Waals surface area contributed by atoms with Crippen molar-refractivity contribution in [1.82, 2.24) is 0 Å². The van der Waals surface area contributed by atoms with Crippen LogP contribution in [0.25, 0.3) is 22.3 Å². The van der Waals surface area contributed by atoms with E-state index in [4.69, 9.17) is 9.47 Å². The third-order valence-electron chi connectivity index (χ3n) is 10.2. The summed E-state index contributed by atoms with van der Waals surface area (Å²) in [5.74, 6) is 2.89. The summed E-state index contributed by atoms with van der Waals surface area (Å²) in [6.07, 6.45) is 7.31. The van der Waals surface area contributed by atoms with E-state index >= 15 is 0 Å². The van der Waals surface area contributed by atoms with Crippen LogP contribution in [0.1, 0.15) is 48.6 Å². The second-order valence-electron chi connectivity index (χ2n) is 12.6. The number of allylic oxidation sites excluding steroid dienone is 3. The van der Waals surface area contributed by atoms with Gasteiger partial charge in [-0.1, -0.05) is 116 Å². The SMILES string of the molecule is C/C=C\C(=C/C)N(c1cccc(CC)c1)c1cccc2c1Oc1c(ccc3c1-c1ccccc1C31c3ccccc3-c3ccccc31)O2. The highest BCUT2D eigenvalue weighted by Gasteiger charge is 2.53. The molecule has 3 aliphatic rings. The van der Waals surface area contributed by atoms with Crippen molar-refractivity contribution in [3.05, 3.63) is 179 Å². The van der Waals surface area contributed by atoms with Gasteiger partial charge in [0.1, 0.15) is 0 Å². The van der Waals surface area contributed by atoms with Crippen molar-refractivity contribution in [3.8, 4) is 45.3 Å². The Hall–Kier alpha value is -5.80. The van der Waals surface area contributed by atoms with Gasteiger partial charge in [-0.2, -0.15) is 0 Å². The molecule has 0 atom stereocenters. The van der Waals surface area contributed by atoms with Crippen molar-refractivity contribution < 1.29 is 9.47 Å². The molecule has 6 aromatic rings. The summed E-state index contributed by atoms with van der Waals surface area (Å²) >= 11 is 0. The first-order valence-corrected chi connectivity index (χ1v) is 16.8. The topological polar surface area (TPSA) is 21.7 Å². The van der Waals surface area contributed by atoms with Crippen LogP contribution >= 0.6 is 0 Å². The predicted octanol–water partition coefficient (Wildman–Crippen LogP) is 12.1. The Morgan fingerprint density at radius 3 is 1.96 bits per heavy atom. The van der Waals surface area contributed by atoms with Crippen LogP contribution < -0.4 is 14.4 Å². The molecule has 0 unspecified atom stereocenters. The molecule has 6 aromatic carbocycles. The summed E-state index contributed by atoms with van der Waals surface area (Å²) in [5, 5.41) is 0. The van der Waals surface area contributed by atoms with Crippen LogP contribution in [-0.2, 0) is 11.8 Å². The van der Waals surface area contributed by atoms with E-state index in [-0.39, 0.29) is 0 Å². The van der Waals surface area contributed by atoms with Crippen molar-refractivity contribution in [2.45, 2.75) is 32.6 Å². The van der Waals surface area contributed by atoms with Gasteiger partial charge in [-0.05, 0) is 101 Å². The molecule has 0 radical (unpaired) electrons. The first kappa shape index (κ1) is 28.4. The maximum atomic E-state index is 7.20. The minimum Gasteiger partial charge on any atom is -0.449 e. The maximum Gasteiger partial charge on any atom is 0.194 e. The molecular weight excluding hydrogens is 587 g/mol.